The van der Waals surface area contributed by atoms with E-state index in [1.54, 1.807) is 0 Å². The number of fused-ring (bicyclic) bond motifs is 1. The molecule has 7 nitrogen and oxygen atoms in total. The molecule has 2 aromatic rings. The Morgan fingerprint density at radius 2 is 1.79 bits per heavy atom. The number of carbonyl (C=O) groups is 2. The Bertz CT molecular complexity index is 1210. The van der Waals surface area contributed by atoms with Crippen molar-refractivity contribution in [3.8, 4) is 11.3 Å². The van der Waals surface area contributed by atoms with E-state index in [1.165, 1.54) is 29.5 Å². The van der Waals surface area contributed by atoms with Crippen LogP contribution in [0.1, 0.15) is 127 Å². The van der Waals surface area contributed by atoms with Gasteiger partial charge < -0.3 is 15.6 Å². The second-order valence-corrected chi connectivity index (χ2v) is 13.3. The van der Waals surface area contributed by atoms with Gasteiger partial charge in [0.2, 0.25) is 5.91 Å². The molecule has 5 rings (SSSR count). The van der Waals surface area contributed by atoms with E-state index in [0.717, 1.165) is 102 Å². The maximum absolute atomic E-state index is 11.6. The number of H-pyrrole nitrogens is 1. The number of primary amides is 1. The molecule has 42 heavy (non-hydrogen) atoms. The van der Waals surface area contributed by atoms with Gasteiger partial charge in [0.05, 0.1) is 11.9 Å². The number of nitrogens with zero attached hydrogens (tertiary/aromatic N) is 3. The van der Waals surface area contributed by atoms with Crippen molar-refractivity contribution in [2.45, 2.75) is 116 Å². The van der Waals surface area contributed by atoms with Crippen LogP contribution >= 0.6 is 0 Å². The zero-order chi connectivity index (χ0) is 29.7. The van der Waals surface area contributed by atoms with Gasteiger partial charge in [0.25, 0.3) is 0 Å². The summed E-state index contributed by atoms with van der Waals surface area (Å²) in [4.78, 5) is 36.6. The molecular weight excluding hydrogens is 522 g/mol. The number of ketones is 1. The first-order chi connectivity index (χ1) is 20.3. The summed E-state index contributed by atoms with van der Waals surface area (Å²) in [5, 5.41) is 0. The van der Waals surface area contributed by atoms with Crippen LogP contribution in [0.15, 0.2) is 24.4 Å². The van der Waals surface area contributed by atoms with E-state index in [1.807, 2.05) is 13.1 Å². The zero-order valence-corrected chi connectivity index (χ0v) is 26.3. The van der Waals surface area contributed by atoms with Crippen LogP contribution in [-0.4, -0.2) is 57.6 Å². The highest BCUT2D eigenvalue weighted by Gasteiger charge is 2.57. The number of hydrogen-bond donors (Lipinski definition) is 2. The van der Waals surface area contributed by atoms with Crippen LogP contribution in [0.3, 0.4) is 0 Å². The number of benzene rings is 1. The van der Waals surface area contributed by atoms with Crippen molar-refractivity contribution in [2.24, 2.45) is 17.1 Å². The van der Waals surface area contributed by atoms with Crippen LogP contribution in [0.2, 0.25) is 0 Å². The second-order valence-electron chi connectivity index (χ2n) is 13.3. The molecule has 1 saturated carbocycles. The SMILES string of the molecule is CCC(=O)CCCCCCc1ncc(-c2ccc3c(c2)C(CC)N(CCCCN2CCC4(CC2)C[C@@H]4C(N)=O)C3C)[nH]1. The molecule has 1 aromatic heterocycles. The lowest BCUT2D eigenvalue weighted by molar-refractivity contribution is -0.120. The largest absolute Gasteiger partial charge is 0.369 e. The number of rotatable bonds is 16. The number of nitrogens with one attached hydrogen (secondary N) is 1. The van der Waals surface area contributed by atoms with E-state index in [4.69, 9.17) is 5.73 Å². The number of aromatic nitrogens is 2. The first-order valence-electron chi connectivity index (χ1n) is 16.8. The van der Waals surface area contributed by atoms with Crippen LogP contribution in [0, 0.1) is 11.3 Å². The highest BCUT2D eigenvalue weighted by Crippen LogP contribution is 2.59. The van der Waals surface area contributed by atoms with E-state index < -0.39 is 0 Å². The zero-order valence-electron chi connectivity index (χ0n) is 26.3. The molecule has 1 aromatic carbocycles. The van der Waals surface area contributed by atoms with Gasteiger partial charge in [-0.1, -0.05) is 38.8 Å². The first kappa shape index (κ1) is 30.9. The minimum atomic E-state index is -0.0870. The topological polar surface area (TPSA) is 95.3 Å². The summed E-state index contributed by atoms with van der Waals surface area (Å²) in [6.45, 7) is 11.2. The fourth-order valence-electron chi connectivity index (χ4n) is 7.78. The maximum atomic E-state index is 11.6. The molecule has 2 fully saturated rings. The molecule has 2 unspecified atom stereocenters. The monoisotopic (exact) mass is 575 g/mol. The number of aryl methyl sites for hydroxylation is 1. The van der Waals surface area contributed by atoms with Gasteiger partial charge >= 0.3 is 0 Å². The molecule has 0 bridgehead atoms. The molecule has 1 amide bonds. The van der Waals surface area contributed by atoms with Crippen LogP contribution in [-0.2, 0) is 16.0 Å². The van der Waals surface area contributed by atoms with Crippen molar-refractivity contribution < 1.29 is 9.59 Å². The fourth-order valence-corrected chi connectivity index (χ4v) is 7.78. The lowest BCUT2D eigenvalue weighted by Crippen LogP contribution is -2.37. The van der Waals surface area contributed by atoms with Crippen LogP contribution in [0.5, 0.6) is 0 Å². The van der Waals surface area contributed by atoms with Crippen molar-refractivity contribution in [3.05, 3.63) is 41.3 Å². The van der Waals surface area contributed by atoms with E-state index in [0.29, 0.717) is 24.3 Å². The number of carbonyl (C=O) groups excluding carboxylic acids is 2. The van der Waals surface area contributed by atoms with Gasteiger partial charge in [-0.15, -0.1) is 0 Å². The molecule has 1 spiro atoms. The van der Waals surface area contributed by atoms with Crippen molar-refractivity contribution in [3.63, 3.8) is 0 Å². The number of nitrogens with two attached hydrogens (primary N) is 1. The number of imidazole rings is 1. The highest BCUT2D eigenvalue weighted by molar-refractivity contribution is 5.80. The Morgan fingerprint density at radius 1 is 1.02 bits per heavy atom. The third-order valence-corrected chi connectivity index (χ3v) is 10.7. The van der Waals surface area contributed by atoms with Crippen LogP contribution < -0.4 is 5.73 Å². The number of aromatic amines is 1. The molecule has 3 N–H and O–H groups in total. The smallest absolute Gasteiger partial charge is 0.221 e. The third kappa shape index (κ3) is 6.99. The van der Waals surface area contributed by atoms with Gasteiger partial charge in [0, 0.05) is 37.3 Å². The average molecular weight is 576 g/mol. The maximum Gasteiger partial charge on any atom is 0.221 e. The molecule has 1 aliphatic carbocycles. The summed E-state index contributed by atoms with van der Waals surface area (Å²) in [7, 11) is 0. The molecule has 3 aliphatic rings. The predicted octanol–water partition coefficient (Wildman–Crippen LogP) is 6.74. The molecule has 3 atom stereocenters. The van der Waals surface area contributed by atoms with Gasteiger partial charge in [-0.3, -0.25) is 14.5 Å². The molecule has 2 aliphatic heterocycles. The summed E-state index contributed by atoms with van der Waals surface area (Å²) in [5.41, 5.74) is 11.1. The van der Waals surface area contributed by atoms with Crippen molar-refractivity contribution in [2.75, 3.05) is 26.2 Å². The Labute approximate surface area is 253 Å². The molecule has 7 heteroatoms. The quantitative estimate of drug-likeness (QED) is 0.216. The van der Waals surface area contributed by atoms with Gasteiger partial charge in [-0.25, -0.2) is 4.98 Å². The van der Waals surface area contributed by atoms with Gasteiger partial charge in [0.1, 0.15) is 11.6 Å². The third-order valence-electron chi connectivity index (χ3n) is 10.7. The Balaban J connectivity index is 1.08. The Hall–Kier alpha value is -2.51. The first-order valence-corrected chi connectivity index (χ1v) is 16.8. The minimum absolute atomic E-state index is 0.0870. The number of likely N-dealkylation sites (tertiary alicyclic amines) is 1. The standard InChI is InChI=1S/C35H53N5O2/c1-4-27(41)12-8-6-7-9-13-33-37-24-31(38-33)26-14-15-28-25(3)40(32(5-2)29(28)22-26)19-11-10-18-39-20-16-35(17-21-39)23-30(35)34(36)42/h14-15,22,24-25,30,32H,4-13,16-21,23H2,1-3H3,(H2,36,42)(H,37,38)/t25?,30-,32?/m1/s1. The molecular formula is C35H53N5O2. The number of Topliss-reactive ketones (excluding diaryl/α,β-unsaturated/α-hetero) is 1. The van der Waals surface area contributed by atoms with E-state index >= 15 is 0 Å². The minimum Gasteiger partial charge on any atom is -0.369 e. The number of unbranched alkanes of at least 4 members (excludes halogenated alkanes) is 4. The average Bonchev–Trinajstić information content (AvgIpc) is 3.37. The van der Waals surface area contributed by atoms with Crippen molar-refractivity contribution in [1.82, 2.24) is 19.8 Å². The summed E-state index contributed by atoms with van der Waals surface area (Å²) >= 11 is 0. The fraction of sp³-hybridized carbons (Fsp3) is 0.686. The summed E-state index contributed by atoms with van der Waals surface area (Å²) in [6, 6.07) is 7.92. The van der Waals surface area contributed by atoms with E-state index in [2.05, 4.69) is 51.8 Å². The Kier molecular flexibility index (Phi) is 10.2. The van der Waals surface area contributed by atoms with Gasteiger partial charge in [0.15, 0.2) is 0 Å². The highest BCUT2D eigenvalue weighted by atomic mass is 16.1. The van der Waals surface area contributed by atoms with E-state index in [-0.39, 0.29) is 17.2 Å². The number of piperidine rings is 1. The lowest BCUT2D eigenvalue weighted by Gasteiger charge is -2.33. The van der Waals surface area contributed by atoms with Gasteiger partial charge in [-0.2, -0.15) is 0 Å². The summed E-state index contributed by atoms with van der Waals surface area (Å²) in [5.74, 6) is 1.50. The second kappa shape index (κ2) is 13.9. The van der Waals surface area contributed by atoms with Crippen LogP contribution in [0.4, 0.5) is 0 Å². The predicted molar refractivity (Wildman–Crippen MR) is 169 cm³/mol. The van der Waals surface area contributed by atoms with Gasteiger partial charge in [-0.05, 0) is 113 Å². The molecule has 1 saturated heterocycles. The Morgan fingerprint density at radius 3 is 2.50 bits per heavy atom. The lowest BCUT2D eigenvalue weighted by atomic mass is 9.90. The summed E-state index contributed by atoms with van der Waals surface area (Å²) in [6.07, 6.45) is 15.6. The van der Waals surface area contributed by atoms with Crippen LogP contribution in [0.25, 0.3) is 11.3 Å². The van der Waals surface area contributed by atoms with Crippen molar-refractivity contribution in [1.29, 1.82) is 0 Å². The normalized spacial score (nSPS) is 23.4. The van der Waals surface area contributed by atoms with Crippen molar-refractivity contribution >= 4 is 11.7 Å². The molecule has 0 radical (unpaired) electrons. The van der Waals surface area contributed by atoms with E-state index in [9.17, 15) is 9.59 Å². The molecule has 230 valence electrons. The number of amides is 1. The number of hydrogen-bond acceptors (Lipinski definition) is 5. The summed E-state index contributed by atoms with van der Waals surface area (Å²) < 4.78 is 0. The molecule has 3 heterocycles.